The van der Waals surface area contributed by atoms with Crippen LogP contribution in [-0.2, 0) is 4.79 Å². The van der Waals surface area contributed by atoms with Crippen molar-refractivity contribution in [3.8, 4) is 0 Å². The maximum atomic E-state index is 9.37. The summed E-state index contributed by atoms with van der Waals surface area (Å²) in [7, 11) is 0. The van der Waals surface area contributed by atoms with Gasteiger partial charge in [0.1, 0.15) is 0 Å². The second-order valence-electron chi connectivity index (χ2n) is 2.28. The zero-order valence-corrected chi connectivity index (χ0v) is 10.4. The summed E-state index contributed by atoms with van der Waals surface area (Å²) in [6.07, 6.45) is 3.94. The van der Waals surface area contributed by atoms with Crippen molar-refractivity contribution < 1.29 is 9.90 Å². The van der Waals surface area contributed by atoms with Gasteiger partial charge in [0.2, 0.25) is 0 Å². The molecule has 0 unspecified atom stereocenters. The number of pyridine rings is 1. The van der Waals surface area contributed by atoms with Crippen LogP contribution in [-0.4, -0.2) is 65.0 Å². The van der Waals surface area contributed by atoms with Crippen LogP contribution in [0.4, 0.5) is 0 Å². The van der Waals surface area contributed by atoms with Crippen molar-refractivity contribution in [2.24, 2.45) is 0 Å². The van der Waals surface area contributed by atoms with Crippen molar-refractivity contribution in [3.63, 3.8) is 0 Å². The summed E-state index contributed by atoms with van der Waals surface area (Å²) in [5.74, 6) is -0.745. The first-order valence-electron chi connectivity index (χ1n) is 3.75. The van der Waals surface area contributed by atoms with E-state index >= 15 is 0 Å². The molecule has 0 aromatic carbocycles. The third kappa shape index (κ3) is 8.35. The summed E-state index contributed by atoms with van der Waals surface area (Å²) < 4.78 is 1.40. The molecule has 0 aliphatic rings. The van der Waals surface area contributed by atoms with Gasteiger partial charge in [0.15, 0.2) is 0 Å². The topological polar surface area (TPSA) is 50.2 Å². The van der Waals surface area contributed by atoms with Gasteiger partial charge in [0.25, 0.3) is 0 Å². The van der Waals surface area contributed by atoms with E-state index in [-0.39, 0.29) is 6.42 Å². The molecule has 0 radical (unpaired) electrons. The van der Waals surface area contributed by atoms with Crippen LogP contribution < -0.4 is -0.342 Å². The Bertz CT molecular complexity index is 226. The van der Waals surface area contributed by atoms with Gasteiger partial charge in [-0.25, -0.2) is 0 Å². The van der Waals surface area contributed by atoms with Crippen molar-refractivity contribution in [2.75, 3.05) is 0 Å². The quantitative estimate of drug-likeness (QED) is 0.652. The number of hydrogen-bond acceptors (Lipinski definition) is 2. The third-order valence-electron chi connectivity index (χ3n) is 1.11. The third-order valence-corrected chi connectivity index (χ3v) is 2.04. The molecule has 0 spiro atoms. The maximum absolute atomic E-state index is 9.37. The fourth-order valence-corrected chi connectivity index (χ4v) is 0.981. The zero-order valence-electron chi connectivity index (χ0n) is 7.32. The Kier molecular flexibility index (Phi) is 8.05. The summed E-state index contributed by atoms with van der Waals surface area (Å²) in [5, 5.41) is 7.72. The monoisotopic (exact) mass is 191 g/mol. The Morgan fingerprint density at radius 3 is 2.50 bits per heavy atom. The van der Waals surface area contributed by atoms with Crippen molar-refractivity contribution in [2.45, 2.75) is 13.3 Å². The number of aliphatic carboxylic acids is 1. The van der Waals surface area contributed by atoms with Crippen molar-refractivity contribution in [1.82, 2.24) is 4.98 Å². The second kappa shape index (κ2) is 7.88. The van der Waals surface area contributed by atoms with Crippen LogP contribution in [0.15, 0.2) is 24.5 Å². The van der Waals surface area contributed by atoms with E-state index in [0.717, 1.165) is 49.0 Å². The molecule has 0 amide bonds. The number of rotatable bonds is 1. The first kappa shape index (κ1) is 12.3. The molecule has 1 heterocycles. The SMILES string of the molecule is CCC(=O)O.[K][c]1cccnc1. The molecule has 1 rings (SSSR count). The predicted octanol–water partition coefficient (Wildman–Crippen LogP) is 0.356. The van der Waals surface area contributed by atoms with Crippen LogP contribution in [0, 0.1) is 0 Å². The van der Waals surface area contributed by atoms with Crippen LogP contribution in [0.3, 0.4) is 0 Å². The van der Waals surface area contributed by atoms with Crippen LogP contribution >= 0.6 is 0 Å². The molecule has 0 bridgehead atoms. The molecular formula is C8H10KNO2. The molecule has 0 saturated heterocycles. The van der Waals surface area contributed by atoms with Crippen LogP contribution in [0.2, 0.25) is 0 Å². The molecule has 0 fully saturated rings. The van der Waals surface area contributed by atoms with E-state index in [1.165, 1.54) is -0.342 Å². The number of carbonyl (C=O) groups is 1. The van der Waals surface area contributed by atoms with Crippen LogP contribution in [0.5, 0.6) is 0 Å². The van der Waals surface area contributed by atoms with E-state index in [1.807, 2.05) is 12.3 Å². The first-order valence-corrected chi connectivity index (χ1v) is 5.31. The van der Waals surface area contributed by atoms with Crippen molar-refractivity contribution >= 4 is 54.6 Å². The molecule has 0 saturated carbocycles. The van der Waals surface area contributed by atoms with Gasteiger partial charge in [0.05, 0.1) is 0 Å². The molecule has 1 N–H and O–H groups in total. The summed E-state index contributed by atoms with van der Waals surface area (Å²) in [6, 6.07) is 4.08. The minimum absolute atomic E-state index is 0.222. The van der Waals surface area contributed by atoms with Gasteiger partial charge in [-0.1, -0.05) is 6.92 Å². The molecule has 60 valence electrons. The van der Waals surface area contributed by atoms with E-state index in [9.17, 15) is 4.79 Å². The Labute approximate surface area is 106 Å². The average Bonchev–Trinajstić information content (AvgIpc) is 2.07. The Morgan fingerprint density at radius 2 is 2.33 bits per heavy atom. The molecule has 0 aliphatic carbocycles. The zero-order chi connectivity index (χ0) is 9.40. The number of aromatic nitrogens is 1. The summed E-state index contributed by atoms with van der Waals surface area (Å²) >= 11 is 0.793. The molecule has 1 aromatic rings. The van der Waals surface area contributed by atoms with Gasteiger partial charge >= 0.3 is 84.1 Å². The standard InChI is InChI=1S/C5H4N.C3H6O2.K/c1-2-4-6-5-3-1;1-2-3(4)5;/h1-2,4-5H;2H2,1H3,(H,4,5);. The van der Waals surface area contributed by atoms with Gasteiger partial charge < -0.3 is 5.11 Å². The van der Waals surface area contributed by atoms with Gasteiger partial charge in [-0.15, -0.1) is 0 Å². The number of hydrogen-bond donors (Lipinski definition) is 1. The van der Waals surface area contributed by atoms with E-state index in [4.69, 9.17) is 5.11 Å². The van der Waals surface area contributed by atoms with Crippen molar-refractivity contribution in [1.29, 1.82) is 0 Å². The molecule has 0 atom stereocenters. The molecule has 1 aromatic heterocycles. The van der Waals surface area contributed by atoms with E-state index < -0.39 is 5.97 Å². The van der Waals surface area contributed by atoms with Crippen molar-refractivity contribution in [3.05, 3.63) is 24.5 Å². The molecule has 12 heavy (non-hydrogen) atoms. The number of carboxylic acid groups (broad SMARTS) is 1. The van der Waals surface area contributed by atoms with E-state index in [1.54, 1.807) is 13.1 Å². The molecule has 4 heteroatoms. The minimum atomic E-state index is -0.745. The molecule has 3 nitrogen and oxygen atoms in total. The van der Waals surface area contributed by atoms with E-state index in [2.05, 4.69) is 11.1 Å². The van der Waals surface area contributed by atoms with E-state index in [0.29, 0.717) is 0 Å². The summed E-state index contributed by atoms with van der Waals surface area (Å²) in [4.78, 5) is 13.3. The van der Waals surface area contributed by atoms with Gasteiger partial charge in [-0.05, 0) is 0 Å². The summed E-state index contributed by atoms with van der Waals surface area (Å²) in [6.45, 7) is 1.60. The predicted molar refractivity (Wildman–Crippen MR) is 47.6 cm³/mol. The summed E-state index contributed by atoms with van der Waals surface area (Å²) in [5.41, 5.74) is 0. The normalized spacial score (nSPS) is 8.25. The fraction of sp³-hybridized carbons (Fsp3) is 0.250. The van der Waals surface area contributed by atoms with Gasteiger partial charge in [-0.3, -0.25) is 4.79 Å². The number of nitrogens with zero attached hydrogens (tertiary/aromatic N) is 1. The Hall–Kier alpha value is 0.256. The fourth-order valence-electron chi connectivity index (χ4n) is 0.448. The average molecular weight is 191 g/mol. The first-order chi connectivity index (χ1) is 5.66. The number of carboxylic acids is 1. The Balaban J connectivity index is 0.000000217. The second-order valence-corrected chi connectivity index (χ2v) is 4.08. The van der Waals surface area contributed by atoms with Gasteiger partial charge in [-0.2, -0.15) is 0 Å². The molecular weight excluding hydrogens is 181 g/mol. The Morgan fingerprint density at radius 1 is 1.75 bits per heavy atom. The molecule has 0 aliphatic heterocycles. The van der Waals surface area contributed by atoms with Crippen LogP contribution in [0.1, 0.15) is 13.3 Å². The van der Waals surface area contributed by atoms with Gasteiger partial charge in [0, 0.05) is 6.42 Å². The van der Waals surface area contributed by atoms with Crippen LogP contribution in [0.25, 0.3) is 0 Å².